The Morgan fingerprint density at radius 1 is 0.322 bits per heavy atom. The molecule has 30 nitrogen and oxygen atoms in total. The summed E-state index contributed by atoms with van der Waals surface area (Å²) in [7, 11) is 0. The number of morpholine rings is 4. The van der Waals surface area contributed by atoms with Crippen molar-refractivity contribution in [2.75, 3.05) is 168 Å². The number of nitrogens with one attached hydrogen (secondary N) is 8. The number of aromatic nitrogens is 10. The van der Waals surface area contributed by atoms with Gasteiger partial charge in [-0.2, -0.15) is 93.0 Å². The third kappa shape index (κ3) is 32.0. The van der Waals surface area contributed by atoms with Crippen molar-refractivity contribution < 1.29 is 89.2 Å². The number of hydrazone groups is 4. The fourth-order valence-electron chi connectivity index (χ4n) is 15.1. The van der Waals surface area contributed by atoms with Gasteiger partial charge in [-0.05, 0) is 180 Å². The molecule has 6 aromatic carbocycles. The fourth-order valence-corrected chi connectivity index (χ4v) is 15.1. The van der Waals surface area contributed by atoms with E-state index >= 15 is 0 Å². The van der Waals surface area contributed by atoms with Gasteiger partial charge in [0.25, 0.3) is 0 Å². The van der Waals surface area contributed by atoms with Gasteiger partial charge in [0, 0.05) is 86.5 Å². The number of alkyl halides is 12. The molecule has 0 aliphatic carbocycles. The molecular weight excluding hydrogens is 1930 g/mol. The van der Waals surface area contributed by atoms with Crippen molar-refractivity contribution in [2.45, 2.75) is 105 Å². The van der Waals surface area contributed by atoms with Crippen LogP contribution in [0.15, 0.2) is 203 Å². The van der Waals surface area contributed by atoms with Crippen LogP contribution in [0.4, 0.5) is 163 Å². The fraction of sp³-hybridized carbons (Fsp3) is 0.340. The molecule has 4 fully saturated rings. The lowest BCUT2D eigenvalue weighted by atomic mass is 9.97. The van der Waals surface area contributed by atoms with Gasteiger partial charge in [0.2, 0.25) is 23.8 Å². The SMILES string of the molecule is CC(C)Cc1cc(Nc2cccc(C(F)(F)F)c2)ccc1/C=N/Nc1ncc(F)c(N2CCOCC2)n1.CC(C)Cc1nc(/C=N/Nc2ncc(F)c(N3CCOCC3)n2)ccc1Nc1cccc(C(F)(F)F)c1.CC(C)c1cc(Nc2cccc(C(F)(F)F)c2)ccc1/C=N/Nc1ncc(F)c(N2CCOCC2)n1.CC(C)c1nc(/C=N/Nc2ncc(F)c(N3CCOCC3)n2)ccc1Nc1cccc(C(F)(F)F)c1. The number of hydrogen-bond donors (Lipinski definition) is 8. The quantitative estimate of drug-likeness (QED) is 0.0118. The molecule has 0 spiro atoms. The van der Waals surface area contributed by atoms with Gasteiger partial charge in [0.15, 0.2) is 46.5 Å². The van der Waals surface area contributed by atoms with Gasteiger partial charge < -0.3 is 59.8 Å². The van der Waals surface area contributed by atoms with E-state index in [1.54, 1.807) is 92.7 Å². The number of pyridine rings is 2. The molecule has 772 valence electrons. The molecule has 0 saturated carbocycles. The van der Waals surface area contributed by atoms with Crippen molar-refractivity contribution in [3.05, 3.63) is 273 Å². The van der Waals surface area contributed by atoms with Crippen LogP contribution in [0, 0.1) is 35.1 Å². The third-order valence-electron chi connectivity index (χ3n) is 22.1. The van der Waals surface area contributed by atoms with Crippen LogP contribution >= 0.6 is 0 Å². The number of rotatable bonds is 30. The molecule has 0 radical (unpaired) electrons. The zero-order chi connectivity index (χ0) is 104. The minimum absolute atomic E-state index is 0.0175. The molecule has 46 heteroatoms. The Bertz CT molecular complexity index is 6470. The second kappa shape index (κ2) is 50.4. The van der Waals surface area contributed by atoms with E-state index in [1.807, 2.05) is 65.8 Å². The van der Waals surface area contributed by atoms with Crippen LogP contribution in [0.5, 0.6) is 0 Å². The van der Waals surface area contributed by atoms with E-state index in [0.717, 1.165) is 102 Å². The number of nitrogens with zero attached hydrogens (tertiary/aromatic N) is 18. The maximum Gasteiger partial charge on any atom is 0.416 e. The highest BCUT2D eigenvalue weighted by Gasteiger charge is 2.35. The predicted octanol–water partition coefficient (Wildman–Crippen LogP) is 22.1. The van der Waals surface area contributed by atoms with E-state index in [-0.39, 0.29) is 64.8 Å². The van der Waals surface area contributed by atoms with Gasteiger partial charge in [-0.15, -0.1) is 0 Å². The molecule has 10 heterocycles. The molecule has 4 aliphatic heterocycles. The summed E-state index contributed by atoms with van der Waals surface area (Å²) in [5.41, 5.74) is 17.7. The van der Waals surface area contributed by atoms with Gasteiger partial charge in [-0.3, -0.25) is 0 Å². The summed E-state index contributed by atoms with van der Waals surface area (Å²) in [6.07, 6.45) is -5.83. The Morgan fingerprint density at radius 2 is 0.630 bits per heavy atom. The Balaban J connectivity index is 0.000000163. The van der Waals surface area contributed by atoms with E-state index < -0.39 is 70.2 Å². The van der Waals surface area contributed by atoms with E-state index in [2.05, 4.69) is 127 Å². The van der Waals surface area contributed by atoms with Crippen molar-refractivity contribution in [3.8, 4) is 0 Å². The average Bonchev–Trinajstić information content (AvgIpc) is 0.877. The molecule has 0 bridgehead atoms. The molecule has 8 N–H and O–H groups in total. The van der Waals surface area contributed by atoms with E-state index in [1.165, 1.54) is 36.7 Å². The Hall–Kier alpha value is -15.1. The first-order valence-electron chi connectivity index (χ1n) is 46.4. The smallest absolute Gasteiger partial charge is 0.378 e. The van der Waals surface area contributed by atoms with Crippen molar-refractivity contribution in [2.24, 2.45) is 32.2 Å². The summed E-state index contributed by atoms with van der Waals surface area (Å²) in [5.74, 6) is -0.0843. The second-order valence-corrected chi connectivity index (χ2v) is 34.8. The molecule has 12 aromatic rings. The summed E-state index contributed by atoms with van der Waals surface area (Å²) < 4.78 is 235. The number of anilines is 16. The van der Waals surface area contributed by atoms with E-state index in [4.69, 9.17) is 18.9 Å². The van der Waals surface area contributed by atoms with Crippen molar-refractivity contribution in [3.63, 3.8) is 0 Å². The first-order valence-corrected chi connectivity index (χ1v) is 46.4. The molecule has 4 aliphatic rings. The van der Waals surface area contributed by atoms with Crippen LogP contribution in [0.25, 0.3) is 0 Å². The number of ether oxygens (including phenoxy) is 4. The lowest BCUT2D eigenvalue weighted by Crippen LogP contribution is -2.37. The summed E-state index contributed by atoms with van der Waals surface area (Å²) in [5, 5.41) is 28.8. The second-order valence-electron chi connectivity index (χ2n) is 34.8. The highest BCUT2D eigenvalue weighted by molar-refractivity contribution is 5.85. The first-order chi connectivity index (χ1) is 69.8. The maximum absolute atomic E-state index is 14.3. The largest absolute Gasteiger partial charge is 0.416 e. The Morgan fingerprint density at radius 3 is 0.973 bits per heavy atom. The summed E-state index contributed by atoms with van der Waals surface area (Å²) in [6.45, 7) is 24.3. The molecule has 0 amide bonds. The van der Waals surface area contributed by atoms with Crippen LogP contribution in [0.3, 0.4) is 0 Å². The van der Waals surface area contributed by atoms with Gasteiger partial charge in [0.1, 0.15) is 0 Å². The van der Waals surface area contributed by atoms with Gasteiger partial charge in [-0.25, -0.2) is 69.2 Å². The Kier molecular flexibility index (Phi) is 37.4. The van der Waals surface area contributed by atoms with Gasteiger partial charge >= 0.3 is 24.7 Å². The molecule has 4 saturated heterocycles. The van der Waals surface area contributed by atoms with Crippen LogP contribution < -0.4 is 62.6 Å². The summed E-state index contributed by atoms with van der Waals surface area (Å²) in [4.78, 5) is 49.0. The maximum atomic E-state index is 14.3. The molecule has 146 heavy (non-hydrogen) atoms. The molecule has 0 atom stereocenters. The molecule has 0 unspecified atom stereocenters. The number of hydrogen-bond acceptors (Lipinski definition) is 30. The average molecular weight is 2040 g/mol. The van der Waals surface area contributed by atoms with E-state index in [9.17, 15) is 70.2 Å². The topological polar surface area (TPSA) is 324 Å². The lowest BCUT2D eigenvalue weighted by molar-refractivity contribution is -0.138. The van der Waals surface area contributed by atoms with Crippen LogP contribution in [0.2, 0.25) is 0 Å². The van der Waals surface area contributed by atoms with Crippen LogP contribution in [-0.4, -0.2) is 180 Å². The van der Waals surface area contributed by atoms with Crippen molar-refractivity contribution in [1.29, 1.82) is 0 Å². The first kappa shape index (κ1) is 108. The predicted molar refractivity (Wildman–Crippen MR) is 530 cm³/mol. The highest BCUT2D eigenvalue weighted by atomic mass is 19.4. The summed E-state index contributed by atoms with van der Waals surface area (Å²) >= 11 is 0. The summed E-state index contributed by atoms with van der Waals surface area (Å²) in [6, 6.07) is 37.9. The molecule has 6 aromatic heterocycles. The van der Waals surface area contributed by atoms with E-state index in [0.29, 0.717) is 186 Å². The standard InChI is InChI=1S/C26H28F4N6O.C25H27F4N7O.C25H26F4N6O.C24H25F4N7O/c1-17(2)12-19-13-22(33-21-5-3-4-20(14-21)26(28,29)30)7-6-18(19)15-32-35-25-31-16-23(27)24(34-25)36-8-10-37-11-9-36;1-16(2)12-22-21(32-18-5-3-4-17(13-18)25(27,28)29)7-6-19(33-22)14-31-35-24-30-15-20(26)23(34-24)36-8-10-37-11-9-36;1-16(2)21-13-20(32-19-5-3-4-18(12-19)25(27,28)29)7-6-17(21)14-31-34-24-30-15-22(26)23(33-24)35-8-10-36-11-9-35;1-15(2)21-20(31-17-5-3-4-16(12-17)24(26,27)28)7-6-18(32-21)13-30-34-23-29-14-19(25)22(33-23)35-8-10-36-11-9-35/h3-7,13-17,33H,8-12H2,1-2H3,(H,31,34,35);3-7,13-16,32H,8-12H2,1-2H3,(H,30,34,35);3-7,12-16,32H,8-11H2,1-2H3,(H,30,33,34);3-7,12-15,31H,8-11H2,1-2H3,(H,29,33,34)/b32-15+;2*31-14+;30-13+. The minimum Gasteiger partial charge on any atom is -0.378 e. The third-order valence-corrected chi connectivity index (χ3v) is 22.1. The van der Waals surface area contributed by atoms with Crippen molar-refractivity contribution >= 4 is 117 Å². The van der Waals surface area contributed by atoms with Crippen molar-refractivity contribution in [1.82, 2.24) is 49.8 Å². The normalized spacial score (nSPS) is 14.4. The van der Waals surface area contributed by atoms with Crippen LogP contribution in [-0.2, 0) is 56.5 Å². The van der Waals surface area contributed by atoms with Gasteiger partial charge in [0.05, 0.1) is 159 Å². The number of halogens is 16. The monoisotopic (exact) mass is 2040 g/mol. The van der Waals surface area contributed by atoms with Gasteiger partial charge in [-0.1, -0.05) is 91.8 Å². The molecular formula is C100H106F16N26O4. The number of benzene rings is 6. The Labute approximate surface area is 830 Å². The minimum atomic E-state index is -4.43. The zero-order valence-corrected chi connectivity index (χ0v) is 80.4. The lowest BCUT2D eigenvalue weighted by Gasteiger charge is -2.27. The highest BCUT2D eigenvalue weighted by Crippen LogP contribution is 2.39. The van der Waals surface area contributed by atoms with Crippen LogP contribution in [0.1, 0.15) is 135 Å². The molecule has 16 rings (SSSR count). The zero-order valence-electron chi connectivity index (χ0n) is 80.4.